The molecule has 0 N–H and O–H groups in total. The molecule has 0 amide bonds. The Kier molecular flexibility index (Phi) is 4.36. The molecule has 0 fully saturated rings. The molecule has 84 valence electrons. The summed E-state index contributed by atoms with van der Waals surface area (Å²) < 4.78 is 13.8. The SMILES string of the molecule is CC(C)P(=O)(c1ccc(I)nc1)C(C)C. The van der Waals surface area contributed by atoms with Crippen LogP contribution in [-0.2, 0) is 4.57 Å². The van der Waals surface area contributed by atoms with Gasteiger partial charge in [-0.05, 0) is 34.7 Å². The molecule has 2 nitrogen and oxygen atoms in total. The van der Waals surface area contributed by atoms with E-state index in [9.17, 15) is 4.57 Å². The molecule has 1 aromatic rings. The first kappa shape index (κ1) is 13.2. The number of aromatic nitrogens is 1. The molecule has 1 rings (SSSR count). The van der Waals surface area contributed by atoms with Crippen LogP contribution in [0.4, 0.5) is 0 Å². The molecule has 0 saturated carbocycles. The number of pyridine rings is 1. The molecule has 0 aliphatic rings. The van der Waals surface area contributed by atoms with E-state index >= 15 is 0 Å². The molecule has 1 aromatic heterocycles. The van der Waals surface area contributed by atoms with Gasteiger partial charge in [-0.2, -0.15) is 0 Å². The van der Waals surface area contributed by atoms with Crippen LogP contribution in [0.15, 0.2) is 18.3 Å². The summed E-state index contributed by atoms with van der Waals surface area (Å²) in [5.41, 5.74) is 0.360. The number of hydrogen-bond donors (Lipinski definition) is 0. The molecule has 0 saturated heterocycles. The Labute approximate surface area is 105 Å². The van der Waals surface area contributed by atoms with E-state index in [0.29, 0.717) is 0 Å². The average molecular weight is 337 g/mol. The third-order valence-corrected chi connectivity index (χ3v) is 7.43. The van der Waals surface area contributed by atoms with Gasteiger partial charge in [0.25, 0.3) is 0 Å². The molecular weight excluding hydrogens is 320 g/mol. The summed E-state index contributed by atoms with van der Waals surface area (Å²) in [6.07, 6.45) is 1.77. The Morgan fingerprint density at radius 3 is 2.07 bits per heavy atom. The summed E-state index contributed by atoms with van der Waals surface area (Å²) in [5, 5.41) is 0.910. The molecule has 0 aliphatic heterocycles. The Morgan fingerprint density at radius 1 is 1.20 bits per heavy atom. The summed E-state index contributed by atoms with van der Waals surface area (Å²) >= 11 is 2.16. The summed E-state index contributed by atoms with van der Waals surface area (Å²) in [4.78, 5) is 4.22. The molecular formula is C11H17INOP. The van der Waals surface area contributed by atoms with Crippen molar-refractivity contribution in [1.82, 2.24) is 4.98 Å². The second-order valence-corrected chi connectivity index (χ2v) is 9.34. The van der Waals surface area contributed by atoms with Crippen LogP contribution in [0.3, 0.4) is 0 Å². The Morgan fingerprint density at radius 2 is 1.73 bits per heavy atom. The summed E-state index contributed by atoms with van der Waals surface area (Å²) in [6, 6.07) is 3.88. The van der Waals surface area contributed by atoms with Crippen LogP contribution in [0.25, 0.3) is 0 Å². The van der Waals surface area contributed by atoms with Crippen LogP contribution in [0.2, 0.25) is 0 Å². The zero-order chi connectivity index (χ0) is 11.6. The number of rotatable bonds is 3. The predicted octanol–water partition coefficient (Wildman–Crippen LogP) is 3.49. The molecule has 0 aromatic carbocycles. The molecule has 0 unspecified atom stereocenters. The highest BCUT2D eigenvalue weighted by Crippen LogP contribution is 2.53. The fourth-order valence-electron chi connectivity index (χ4n) is 1.77. The summed E-state index contributed by atoms with van der Waals surface area (Å²) in [7, 11) is -2.30. The van der Waals surface area contributed by atoms with Gasteiger partial charge in [0.2, 0.25) is 0 Å². The minimum atomic E-state index is -2.30. The van der Waals surface area contributed by atoms with Crippen LogP contribution < -0.4 is 5.30 Å². The first-order valence-electron chi connectivity index (χ1n) is 5.10. The number of halogens is 1. The van der Waals surface area contributed by atoms with E-state index in [-0.39, 0.29) is 11.3 Å². The molecule has 0 atom stereocenters. The van der Waals surface area contributed by atoms with Crippen molar-refractivity contribution in [1.29, 1.82) is 0 Å². The first-order chi connectivity index (χ1) is 6.89. The van der Waals surface area contributed by atoms with Crippen LogP contribution >= 0.6 is 29.7 Å². The van der Waals surface area contributed by atoms with Crippen LogP contribution in [0.5, 0.6) is 0 Å². The molecule has 1 heterocycles. The average Bonchev–Trinajstić information content (AvgIpc) is 2.17. The highest BCUT2D eigenvalue weighted by Gasteiger charge is 2.32. The molecule has 4 heteroatoms. The van der Waals surface area contributed by atoms with Crippen molar-refractivity contribution < 1.29 is 4.57 Å². The van der Waals surface area contributed by atoms with E-state index in [1.807, 2.05) is 39.8 Å². The number of nitrogens with zero attached hydrogens (tertiary/aromatic N) is 1. The lowest BCUT2D eigenvalue weighted by atomic mass is 10.5. The lowest BCUT2D eigenvalue weighted by Crippen LogP contribution is -2.20. The van der Waals surface area contributed by atoms with Gasteiger partial charge in [-0.3, -0.25) is 0 Å². The van der Waals surface area contributed by atoms with Crippen molar-refractivity contribution in [2.24, 2.45) is 0 Å². The third kappa shape index (κ3) is 2.62. The predicted molar refractivity (Wildman–Crippen MR) is 74.5 cm³/mol. The van der Waals surface area contributed by atoms with E-state index in [1.165, 1.54) is 0 Å². The molecule has 0 spiro atoms. The van der Waals surface area contributed by atoms with Gasteiger partial charge >= 0.3 is 0 Å². The molecule has 0 radical (unpaired) electrons. The van der Waals surface area contributed by atoms with Gasteiger partial charge in [0.05, 0.1) is 0 Å². The maximum absolute atomic E-state index is 12.9. The maximum atomic E-state index is 12.9. The minimum absolute atomic E-state index is 0.180. The van der Waals surface area contributed by atoms with Crippen molar-refractivity contribution in [3.63, 3.8) is 0 Å². The zero-order valence-corrected chi connectivity index (χ0v) is 12.6. The normalized spacial score (nSPS) is 12.5. The van der Waals surface area contributed by atoms with E-state index < -0.39 is 7.14 Å². The second-order valence-electron chi connectivity index (χ2n) is 4.24. The lowest BCUT2D eigenvalue weighted by molar-refractivity contribution is 0.569. The van der Waals surface area contributed by atoms with Crippen molar-refractivity contribution >= 4 is 35.0 Å². The topological polar surface area (TPSA) is 30.0 Å². The highest BCUT2D eigenvalue weighted by molar-refractivity contribution is 14.1. The van der Waals surface area contributed by atoms with E-state index in [4.69, 9.17) is 0 Å². The van der Waals surface area contributed by atoms with Crippen molar-refractivity contribution in [3.05, 3.63) is 22.0 Å². The van der Waals surface area contributed by atoms with Crippen molar-refractivity contribution in [2.45, 2.75) is 39.0 Å². The Hall–Kier alpha value is 0.110. The van der Waals surface area contributed by atoms with Crippen molar-refractivity contribution in [2.75, 3.05) is 0 Å². The fourth-order valence-corrected chi connectivity index (χ4v) is 5.02. The van der Waals surface area contributed by atoms with Gasteiger partial charge in [0, 0.05) is 22.8 Å². The van der Waals surface area contributed by atoms with Crippen LogP contribution in [-0.4, -0.2) is 16.3 Å². The fraction of sp³-hybridized carbons (Fsp3) is 0.545. The number of hydrogen-bond acceptors (Lipinski definition) is 2. The van der Waals surface area contributed by atoms with Gasteiger partial charge in [0.1, 0.15) is 10.8 Å². The Balaban J connectivity index is 3.22. The third-order valence-electron chi connectivity index (χ3n) is 2.65. The standard InChI is InChI=1S/C11H17INOP/c1-8(2)15(14,9(3)4)10-5-6-11(12)13-7-10/h5-9H,1-4H3. The van der Waals surface area contributed by atoms with E-state index in [0.717, 1.165) is 9.01 Å². The van der Waals surface area contributed by atoms with E-state index in [1.54, 1.807) is 6.20 Å². The smallest absolute Gasteiger partial charge is 0.121 e. The van der Waals surface area contributed by atoms with Gasteiger partial charge < -0.3 is 4.57 Å². The van der Waals surface area contributed by atoms with Gasteiger partial charge in [-0.1, -0.05) is 27.7 Å². The second kappa shape index (κ2) is 4.96. The van der Waals surface area contributed by atoms with E-state index in [2.05, 4.69) is 27.6 Å². The van der Waals surface area contributed by atoms with Gasteiger partial charge in [-0.25, -0.2) is 4.98 Å². The first-order valence-corrected chi connectivity index (χ1v) is 8.03. The maximum Gasteiger partial charge on any atom is 0.121 e. The zero-order valence-electron chi connectivity index (χ0n) is 9.57. The molecule has 0 aliphatic carbocycles. The van der Waals surface area contributed by atoms with Crippen LogP contribution in [0, 0.1) is 3.70 Å². The Bertz CT molecular complexity index is 361. The lowest BCUT2D eigenvalue weighted by Gasteiger charge is -2.26. The van der Waals surface area contributed by atoms with Gasteiger partial charge in [0.15, 0.2) is 0 Å². The summed E-state index contributed by atoms with van der Waals surface area (Å²) in [6.45, 7) is 8.11. The van der Waals surface area contributed by atoms with Crippen LogP contribution in [0.1, 0.15) is 27.7 Å². The largest absolute Gasteiger partial charge is 0.318 e. The molecule has 0 bridgehead atoms. The summed E-state index contributed by atoms with van der Waals surface area (Å²) in [5.74, 6) is 0. The van der Waals surface area contributed by atoms with Crippen molar-refractivity contribution in [3.8, 4) is 0 Å². The molecule has 15 heavy (non-hydrogen) atoms. The highest BCUT2D eigenvalue weighted by atomic mass is 127. The van der Waals surface area contributed by atoms with Gasteiger partial charge in [-0.15, -0.1) is 0 Å². The minimum Gasteiger partial charge on any atom is -0.318 e. The quantitative estimate of drug-likeness (QED) is 0.480. The monoisotopic (exact) mass is 337 g/mol.